The Morgan fingerprint density at radius 1 is 1.19 bits per heavy atom. The lowest BCUT2D eigenvalue weighted by molar-refractivity contribution is -0.00730. The molecule has 90 valence electrons. The van der Waals surface area contributed by atoms with Crippen LogP contribution in [0.4, 0.5) is 0 Å². The number of benzene rings is 1. The molecule has 0 heterocycles. The van der Waals surface area contributed by atoms with Crippen molar-refractivity contribution < 1.29 is 10.2 Å². The third kappa shape index (κ3) is 3.63. The largest absolute Gasteiger partial charge is 0.390 e. The van der Waals surface area contributed by atoms with Crippen LogP contribution in [0.15, 0.2) is 18.2 Å². The molecule has 4 heteroatoms. The molecular formula is C12H16Cl2O2. The van der Waals surface area contributed by atoms with Crippen molar-refractivity contribution in [2.45, 2.75) is 32.5 Å². The molecule has 2 atom stereocenters. The summed E-state index contributed by atoms with van der Waals surface area (Å²) in [5.74, 6) is 0.00737. The van der Waals surface area contributed by atoms with Gasteiger partial charge in [0.25, 0.3) is 0 Å². The van der Waals surface area contributed by atoms with Crippen LogP contribution in [-0.2, 0) is 6.42 Å². The van der Waals surface area contributed by atoms with E-state index in [1.807, 2.05) is 13.8 Å². The smallest absolute Gasteiger partial charge is 0.0842 e. The Morgan fingerprint density at radius 3 is 2.38 bits per heavy atom. The van der Waals surface area contributed by atoms with Crippen molar-refractivity contribution in [3.8, 4) is 0 Å². The molecule has 0 aliphatic rings. The molecule has 0 saturated heterocycles. The summed E-state index contributed by atoms with van der Waals surface area (Å²) in [5, 5.41) is 20.6. The molecule has 2 N–H and O–H groups in total. The van der Waals surface area contributed by atoms with Crippen molar-refractivity contribution in [1.29, 1.82) is 0 Å². The maximum absolute atomic E-state index is 9.81. The minimum absolute atomic E-state index is 0.00737. The molecule has 0 amide bonds. The minimum atomic E-state index is -0.823. The number of aliphatic hydroxyl groups is 2. The summed E-state index contributed by atoms with van der Waals surface area (Å²) in [7, 11) is 0. The van der Waals surface area contributed by atoms with E-state index in [1.54, 1.807) is 18.2 Å². The van der Waals surface area contributed by atoms with Crippen molar-refractivity contribution in [1.82, 2.24) is 0 Å². The second kappa shape index (κ2) is 5.87. The van der Waals surface area contributed by atoms with Gasteiger partial charge in [-0.25, -0.2) is 0 Å². The molecule has 0 aliphatic carbocycles. The highest BCUT2D eigenvalue weighted by Crippen LogP contribution is 2.23. The molecule has 0 aliphatic heterocycles. The zero-order chi connectivity index (χ0) is 12.3. The van der Waals surface area contributed by atoms with E-state index >= 15 is 0 Å². The third-order valence-corrected chi connectivity index (χ3v) is 3.12. The summed E-state index contributed by atoms with van der Waals surface area (Å²) in [5.41, 5.74) is 0.751. The van der Waals surface area contributed by atoms with Gasteiger partial charge in [0.15, 0.2) is 0 Å². The van der Waals surface area contributed by atoms with Gasteiger partial charge in [0.05, 0.1) is 12.2 Å². The van der Waals surface area contributed by atoms with Crippen LogP contribution in [0.25, 0.3) is 0 Å². The molecule has 1 rings (SSSR count). The normalized spacial score (nSPS) is 15.2. The predicted octanol–water partition coefficient (Wildman–Crippen LogP) is 2.91. The summed E-state index contributed by atoms with van der Waals surface area (Å²) >= 11 is 11.8. The Morgan fingerprint density at radius 2 is 1.81 bits per heavy atom. The number of halogens is 2. The average molecular weight is 263 g/mol. The number of hydrogen-bond donors (Lipinski definition) is 2. The lowest BCUT2D eigenvalue weighted by atomic mass is 9.96. The van der Waals surface area contributed by atoms with Crippen LogP contribution in [0.5, 0.6) is 0 Å². The van der Waals surface area contributed by atoms with Gasteiger partial charge in [-0.2, -0.15) is 0 Å². The van der Waals surface area contributed by atoms with E-state index in [2.05, 4.69) is 0 Å². The SMILES string of the molecule is CC(C)C(O)C(O)Cc1cc(Cl)ccc1Cl. The second-order valence-corrected chi connectivity index (χ2v) is 5.09. The van der Waals surface area contributed by atoms with Crippen molar-refractivity contribution in [2.75, 3.05) is 0 Å². The van der Waals surface area contributed by atoms with Gasteiger partial charge in [-0.1, -0.05) is 37.0 Å². The molecule has 1 aromatic rings. The maximum atomic E-state index is 9.81. The fourth-order valence-electron chi connectivity index (χ4n) is 1.49. The van der Waals surface area contributed by atoms with E-state index in [0.29, 0.717) is 16.5 Å². The van der Waals surface area contributed by atoms with Crippen LogP contribution in [0.2, 0.25) is 10.0 Å². The van der Waals surface area contributed by atoms with Gasteiger partial charge >= 0.3 is 0 Å². The van der Waals surface area contributed by atoms with E-state index in [-0.39, 0.29) is 5.92 Å². The van der Waals surface area contributed by atoms with E-state index in [1.165, 1.54) is 0 Å². The maximum Gasteiger partial charge on any atom is 0.0842 e. The highest BCUT2D eigenvalue weighted by molar-refractivity contribution is 6.33. The van der Waals surface area contributed by atoms with Crippen LogP contribution in [0, 0.1) is 5.92 Å². The van der Waals surface area contributed by atoms with Crippen molar-refractivity contribution in [3.05, 3.63) is 33.8 Å². The molecule has 0 bridgehead atoms. The van der Waals surface area contributed by atoms with Crippen LogP contribution in [0.3, 0.4) is 0 Å². The standard InChI is InChI=1S/C12H16Cl2O2/c1-7(2)12(16)11(15)6-8-5-9(13)3-4-10(8)14/h3-5,7,11-12,15-16H,6H2,1-2H3. The Hall–Kier alpha value is -0.280. The van der Waals surface area contributed by atoms with Gasteiger partial charge in [0.1, 0.15) is 0 Å². The summed E-state index contributed by atoms with van der Waals surface area (Å²) in [6, 6.07) is 5.09. The second-order valence-electron chi connectivity index (χ2n) is 4.24. The van der Waals surface area contributed by atoms with Gasteiger partial charge in [-0.3, -0.25) is 0 Å². The van der Waals surface area contributed by atoms with E-state index < -0.39 is 12.2 Å². The fraction of sp³-hybridized carbons (Fsp3) is 0.500. The van der Waals surface area contributed by atoms with Crippen LogP contribution in [-0.4, -0.2) is 22.4 Å². The zero-order valence-corrected chi connectivity index (χ0v) is 10.8. The third-order valence-electron chi connectivity index (χ3n) is 2.51. The molecule has 0 spiro atoms. The number of aliphatic hydroxyl groups excluding tert-OH is 2. The molecular weight excluding hydrogens is 247 g/mol. The van der Waals surface area contributed by atoms with Crippen LogP contribution >= 0.6 is 23.2 Å². The molecule has 0 radical (unpaired) electrons. The Labute approximate surface area is 106 Å². The molecule has 0 aromatic heterocycles. The van der Waals surface area contributed by atoms with Crippen molar-refractivity contribution in [3.63, 3.8) is 0 Å². The van der Waals surface area contributed by atoms with Gasteiger partial charge in [-0.05, 0) is 29.7 Å². The first kappa shape index (κ1) is 13.8. The lowest BCUT2D eigenvalue weighted by Crippen LogP contribution is -2.32. The van der Waals surface area contributed by atoms with Crippen LogP contribution < -0.4 is 0 Å². The summed E-state index contributed by atoms with van der Waals surface area (Å²) < 4.78 is 0. The lowest BCUT2D eigenvalue weighted by Gasteiger charge is -2.21. The van der Waals surface area contributed by atoms with Gasteiger partial charge in [-0.15, -0.1) is 0 Å². The summed E-state index contributed by atoms with van der Waals surface area (Å²) in [6.45, 7) is 3.71. The van der Waals surface area contributed by atoms with Gasteiger partial charge < -0.3 is 10.2 Å². The zero-order valence-electron chi connectivity index (χ0n) is 9.32. The first-order valence-electron chi connectivity index (χ1n) is 5.22. The van der Waals surface area contributed by atoms with Crippen molar-refractivity contribution in [2.24, 2.45) is 5.92 Å². The molecule has 16 heavy (non-hydrogen) atoms. The first-order valence-corrected chi connectivity index (χ1v) is 5.97. The Bertz CT molecular complexity index is 353. The van der Waals surface area contributed by atoms with E-state index in [4.69, 9.17) is 23.2 Å². The topological polar surface area (TPSA) is 40.5 Å². The minimum Gasteiger partial charge on any atom is -0.390 e. The molecule has 2 nitrogen and oxygen atoms in total. The Kier molecular flexibility index (Phi) is 5.06. The quantitative estimate of drug-likeness (QED) is 0.876. The highest BCUT2D eigenvalue weighted by atomic mass is 35.5. The monoisotopic (exact) mass is 262 g/mol. The van der Waals surface area contributed by atoms with Crippen LogP contribution in [0.1, 0.15) is 19.4 Å². The number of hydrogen-bond acceptors (Lipinski definition) is 2. The fourth-order valence-corrected chi connectivity index (χ4v) is 1.88. The highest BCUT2D eigenvalue weighted by Gasteiger charge is 2.20. The molecule has 0 saturated carbocycles. The molecule has 2 unspecified atom stereocenters. The average Bonchev–Trinajstić information content (AvgIpc) is 2.22. The molecule has 0 fully saturated rings. The molecule has 1 aromatic carbocycles. The predicted molar refractivity (Wildman–Crippen MR) is 67.0 cm³/mol. The van der Waals surface area contributed by atoms with Gasteiger partial charge in [0, 0.05) is 16.5 Å². The van der Waals surface area contributed by atoms with Crippen molar-refractivity contribution >= 4 is 23.2 Å². The summed E-state index contributed by atoms with van der Waals surface area (Å²) in [6.07, 6.45) is -1.27. The summed E-state index contributed by atoms with van der Waals surface area (Å²) in [4.78, 5) is 0. The first-order chi connectivity index (χ1) is 7.41. The Balaban J connectivity index is 2.76. The van der Waals surface area contributed by atoms with E-state index in [0.717, 1.165) is 5.56 Å². The van der Waals surface area contributed by atoms with E-state index in [9.17, 15) is 10.2 Å². The van der Waals surface area contributed by atoms with Gasteiger partial charge in [0.2, 0.25) is 0 Å². The number of rotatable bonds is 4.